The second-order valence-corrected chi connectivity index (χ2v) is 5.30. The first-order chi connectivity index (χ1) is 12.5. The molecule has 1 atom stereocenters. The predicted octanol–water partition coefficient (Wildman–Crippen LogP) is 2.65. The molecule has 0 aliphatic carbocycles. The van der Waals surface area contributed by atoms with Crippen LogP contribution in [0.15, 0.2) is 48.5 Å². The van der Waals surface area contributed by atoms with Gasteiger partial charge in [-0.3, -0.25) is 4.79 Å². The van der Waals surface area contributed by atoms with Gasteiger partial charge in [-0.15, -0.1) is 0 Å². The third-order valence-electron chi connectivity index (χ3n) is 3.42. The second kappa shape index (κ2) is 9.31. The van der Waals surface area contributed by atoms with Crippen molar-refractivity contribution in [2.75, 3.05) is 26.1 Å². The monoisotopic (exact) mass is 359 g/mol. The van der Waals surface area contributed by atoms with Gasteiger partial charge in [0.1, 0.15) is 17.2 Å². The summed E-state index contributed by atoms with van der Waals surface area (Å²) in [5, 5.41) is 2.62. The van der Waals surface area contributed by atoms with E-state index in [1.165, 1.54) is 14.2 Å². The van der Waals surface area contributed by atoms with Crippen LogP contribution in [0.3, 0.4) is 0 Å². The lowest BCUT2D eigenvalue weighted by molar-refractivity contribution is -0.153. The van der Waals surface area contributed by atoms with Crippen molar-refractivity contribution < 1.29 is 28.5 Å². The van der Waals surface area contributed by atoms with Crippen LogP contribution in [0.2, 0.25) is 0 Å². The van der Waals surface area contributed by atoms with Crippen LogP contribution in [0, 0.1) is 0 Å². The third-order valence-corrected chi connectivity index (χ3v) is 3.42. The smallest absolute Gasteiger partial charge is 0.347 e. The number of rotatable bonds is 8. The van der Waals surface area contributed by atoms with Crippen molar-refractivity contribution in [3.63, 3.8) is 0 Å². The Morgan fingerprint density at radius 2 is 1.73 bits per heavy atom. The Kier molecular flexibility index (Phi) is 6.84. The summed E-state index contributed by atoms with van der Waals surface area (Å²) in [6, 6.07) is 13.8. The number of esters is 1. The van der Waals surface area contributed by atoms with Crippen LogP contribution in [0.4, 0.5) is 5.69 Å². The molecule has 1 amide bonds. The van der Waals surface area contributed by atoms with Crippen LogP contribution < -0.4 is 19.5 Å². The maximum atomic E-state index is 12.0. The molecule has 0 saturated carbocycles. The number of anilines is 1. The molecule has 0 unspecified atom stereocenters. The number of hydrogen-bond acceptors (Lipinski definition) is 6. The van der Waals surface area contributed by atoms with Crippen LogP contribution >= 0.6 is 0 Å². The van der Waals surface area contributed by atoms with E-state index in [4.69, 9.17) is 18.9 Å². The van der Waals surface area contributed by atoms with Gasteiger partial charge in [-0.25, -0.2) is 4.79 Å². The number of ether oxygens (including phenoxy) is 4. The molecule has 7 heteroatoms. The number of amides is 1. The van der Waals surface area contributed by atoms with Gasteiger partial charge in [0.25, 0.3) is 5.91 Å². The van der Waals surface area contributed by atoms with Gasteiger partial charge in [0.15, 0.2) is 12.7 Å². The van der Waals surface area contributed by atoms with Gasteiger partial charge in [-0.05, 0) is 31.2 Å². The van der Waals surface area contributed by atoms with Crippen LogP contribution in [-0.4, -0.2) is 38.8 Å². The normalized spacial score (nSPS) is 11.2. The van der Waals surface area contributed by atoms with Crippen molar-refractivity contribution in [3.8, 4) is 17.2 Å². The Labute approximate surface area is 151 Å². The Bertz CT molecular complexity index is 747. The molecule has 0 spiro atoms. The first kappa shape index (κ1) is 19.1. The largest absolute Gasteiger partial charge is 0.497 e. The first-order valence-electron chi connectivity index (χ1n) is 7.93. The fourth-order valence-electron chi connectivity index (χ4n) is 2.09. The van der Waals surface area contributed by atoms with Crippen molar-refractivity contribution in [2.24, 2.45) is 0 Å². The van der Waals surface area contributed by atoms with E-state index in [0.717, 1.165) is 0 Å². The second-order valence-electron chi connectivity index (χ2n) is 5.30. The molecule has 1 N–H and O–H groups in total. The van der Waals surface area contributed by atoms with Crippen molar-refractivity contribution >= 4 is 17.6 Å². The van der Waals surface area contributed by atoms with E-state index in [-0.39, 0.29) is 0 Å². The van der Waals surface area contributed by atoms with Crippen molar-refractivity contribution in [3.05, 3.63) is 48.5 Å². The molecule has 26 heavy (non-hydrogen) atoms. The molecular weight excluding hydrogens is 338 g/mol. The van der Waals surface area contributed by atoms with Gasteiger partial charge in [0.05, 0.1) is 19.9 Å². The summed E-state index contributed by atoms with van der Waals surface area (Å²) in [7, 11) is 3.01. The third kappa shape index (κ3) is 5.41. The molecule has 0 fully saturated rings. The molecule has 0 bridgehead atoms. The lowest BCUT2D eigenvalue weighted by Gasteiger charge is -2.14. The Morgan fingerprint density at radius 1 is 1.00 bits per heavy atom. The maximum Gasteiger partial charge on any atom is 0.347 e. The van der Waals surface area contributed by atoms with Gasteiger partial charge < -0.3 is 24.3 Å². The molecule has 7 nitrogen and oxygen atoms in total. The van der Waals surface area contributed by atoms with E-state index < -0.39 is 24.6 Å². The van der Waals surface area contributed by atoms with E-state index in [0.29, 0.717) is 22.9 Å². The van der Waals surface area contributed by atoms with Crippen molar-refractivity contribution in [1.82, 2.24) is 0 Å². The van der Waals surface area contributed by atoms with E-state index in [2.05, 4.69) is 5.32 Å². The zero-order valence-electron chi connectivity index (χ0n) is 14.9. The number of nitrogens with one attached hydrogen (secondary N) is 1. The standard InChI is InChI=1S/C19H21NO6/c1-13(26-14-7-5-4-6-8-14)19(22)25-12-18(21)20-16-10-9-15(23-2)11-17(16)24-3/h4-11,13H,12H2,1-3H3,(H,20,21)/t13-/m1/s1. The molecular formula is C19H21NO6. The fourth-order valence-corrected chi connectivity index (χ4v) is 2.09. The highest BCUT2D eigenvalue weighted by atomic mass is 16.6. The Balaban J connectivity index is 1.85. The fraction of sp³-hybridized carbons (Fsp3) is 0.263. The molecule has 0 heterocycles. The van der Waals surface area contributed by atoms with Crippen LogP contribution in [0.1, 0.15) is 6.92 Å². The summed E-state index contributed by atoms with van der Waals surface area (Å²) < 4.78 is 20.7. The minimum absolute atomic E-state index is 0.434. The highest BCUT2D eigenvalue weighted by Gasteiger charge is 2.18. The summed E-state index contributed by atoms with van der Waals surface area (Å²) >= 11 is 0. The molecule has 0 aliphatic rings. The number of methoxy groups -OCH3 is 2. The van der Waals surface area contributed by atoms with Crippen molar-refractivity contribution in [1.29, 1.82) is 0 Å². The maximum absolute atomic E-state index is 12.0. The minimum Gasteiger partial charge on any atom is -0.497 e. The van der Waals surface area contributed by atoms with Gasteiger partial charge in [-0.1, -0.05) is 18.2 Å². The zero-order chi connectivity index (χ0) is 18.9. The molecule has 0 radical (unpaired) electrons. The molecule has 0 aliphatic heterocycles. The molecule has 2 rings (SSSR count). The number of hydrogen-bond donors (Lipinski definition) is 1. The SMILES string of the molecule is COc1ccc(NC(=O)COC(=O)[C@@H](C)Oc2ccccc2)c(OC)c1. The number of para-hydroxylation sites is 1. The molecule has 0 aromatic heterocycles. The van der Waals surface area contributed by atoms with Gasteiger partial charge >= 0.3 is 5.97 Å². The van der Waals surface area contributed by atoms with Gasteiger partial charge in [0, 0.05) is 6.07 Å². The lowest BCUT2D eigenvalue weighted by Crippen LogP contribution is -2.29. The summed E-state index contributed by atoms with van der Waals surface area (Å²) in [6.07, 6.45) is -0.833. The van der Waals surface area contributed by atoms with Crippen molar-refractivity contribution in [2.45, 2.75) is 13.0 Å². The summed E-state index contributed by atoms with van der Waals surface area (Å²) in [5.74, 6) is 0.451. The lowest BCUT2D eigenvalue weighted by atomic mass is 10.2. The zero-order valence-corrected chi connectivity index (χ0v) is 14.9. The molecule has 2 aromatic rings. The van der Waals surface area contributed by atoms with E-state index in [9.17, 15) is 9.59 Å². The number of carbonyl (C=O) groups excluding carboxylic acids is 2. The molecule has 2 aromatic carbocycles. The van der Waals surface area contributed by atoms with Crippen LogP contribution in [0.5, 0.6) is 17.2 Å². The van der Waals surface area contributed by atoms with Gasteiger partial charge in [0.2, 0.25) is 0 Å². The minimum atomic E-state index is -0.833. The average Bonchev–Trinajstić information content (AvgIpc) is 2.67. The number of benzene rings is 2. The highest BCUT2D eigenvalue weighted by Crippen LogP contribution is 2.28. The number of carbonyl (C=O) groups is 2. The average molecular weight is 359 g/mol. The quantitative estimate of drug-likeness (QED) is 0.730. The van der Waals surface area contributed by atoms with E-state index in [1.54, 1.807) is 49.4 Å². The van der Waals surface area contributed by atoms with E-state index >= 15 is 0 Å². The molecule has 138 valence electrons. The summed E-state index contributed by atoms with van der Waals surface area (Å²) in [5.41, 5.74) is 0.447. The van der Waals surface area contributed by atoms with Gasteiger partial charge in [-0.2, -0.15) is 0 Å². The van der Waals surface area contributed by atoms with E-state index in [1.807, 2.05) is 6.07 Å². The highest BCUT2D eigenvalue weighted by molar-refractivity contribution is 5.94. The van der Waals surface area contributed by atoms with Crippen LogP contribution in [-0.2, 0) is 14.3 Å². The topological polar surface area (TPSA) is 83.1 Å². The predicted molar refractivity (Wildman–Crippen MR) is 95.7 cm³/mol. The Morgan fingerprint density at radius 3 is 2.38 bits per heavy atom. The van der Waals surface area contributed by atoms with Crippen LogP contribution in [0.25, 0.3) is 0 Å². The Hall–Kier alpha value is -3.22. The molecule has 0 saturated heterocycles. The first-order valence-corrected chi connectivity index (χ1v) is 7.93. The summed E-state index contributed by atoms with van der Waals surface area (Å²) in [6.45, 7) is 1.12. The summed E-state index contributed by atoms with van der Waals surface area (Å²) in [4.78, 5) is 23.9.